The maximum atomic E-state index is 10.6. The summed E-state index contributed by atoms with van der Waals surface area (Å²) >= 11 is 5.27. The Kier molecular flexibility index (Phi) is 3.81. The van der Waals surface area contributed by atoms with Crippen LogP contribution in [-0.4, -0.2) is 14.7 Å². The Balaban J connectivity index is 2.26. The van der Waals surface area contributed by atoms with E-state index in [2.05, 4.69) is 0 Å². The predicted octanol–water partition coefficient (Wildman–Crippen LogP) is 3.27. The fourth-order valence-electron chi connectivity index (χ4n) is 1.64. The maximum Gasteiger partial charge on any atom is 0.269 e. The first-order chi connectivity index (χ1) is 9.49. The molecular formula is C13H8N2O4S. The summed E-state index contributed by atoms with van der Waals surface area (Å²) in [5.74, 6) is 0. The molecule has 0 saturated heterocycles. The lowest BCUT2D eigenvalue weighted by atomic mass is 10.0. The molecule has 0 radical (unpaired) electrons. The summed E-state index contributed by atoms with van der Waals surface area (Å²) in [7, 11) is 0. The largest absolute Gasteiger partial charge is 0.269 e. The first kappa shape index (κ1) is 13.8. The quantitative estimate of drug-likeness (QED) is 0.373. The molecule has 2 rings (SSSR count). The van der Waals surface area contributed by atoms with Crippen LogP contribution in [0.1, 0.15) is 11.1 Å². The first-order valence-corrected chi connectivity index (χ1v) is 5.93. The summed E-state index contributed by atoms with van der Waals surface area (Å²) in [6.07, 6.45) is 0. The Morgan fingerprint density at radius 2 is 1.05 bits per heavy atom. The van der Waals surface area contributed by atoms with Crippen LogP contribution in [0.4, 0.5) is 11.4 Å². The molecule has 0 atom stereocenters. The molecule has 0 fully saturated rings. The van der Waals surface area contributed by atoms with Gasteiger partial charge in [0.05, 0.1) is 14.7 Å². The van der Waals surface area contributed by atoms with Crippen LogP contribution in [0.2, 0.25) is 0 Å². The van der Waals surface area contributed by atoms with E-state index < -0.39 is 9.85 Å². The molecule has 0 aromatic heterocycles. The van der Waals surface area contributed by atoms with Crippen LogP contribution in [0.15, 0.2) is 48.5 Å². The van der Waals surface area contributed by atoms with E-state index in [9.17, 15) is 20.2 Å². The molecule has 100 valence electrons. The van der Waals surface area contributed by atoms with Crippen LogP contribution < -0.4 is 0 Å². The normalized spacial score (nSPS) is 10.0. The molecule has 20 heavy (non-hydrogen) atoms. The molecule has 0 unspecified atom stereocenters. The third-order valence-electron chi connectivity index (χ3n) is 2.68. The molecule has 0 aliphatic heterocycles. The van der Waals surface area contributed by atoms with Gasteiger partial charge in [-0.2, -0.15) is 0 Å². The monoisotopic (exact) mass is 288 g/mol. The minimum atomic E-state index is -0.487. The van der Waals surface area contributed by atoms with Crippen LogP contribution in [0.5, 0.6) is 0 Å². The van der Waals surface area contributed by atoms with Crippen LogP contribution in [0.25, 0.3) is 0 Å². The van der Waals surface area contributed by atoms with Gasteiger partial charge in [-0.25, -0.2) is 0 Å². The number of hydrogen-bond donors (Lipinski definition) is 0. The Bertz CT molecular complexity index is 621. The summed E-state index contributed by atoms with van der Waals surface area (Å²) in [4.78, 5) is 20.6. The molecule has 0 heterocycles. The van der Waals surface area contributed by atoms with Gasteiger partial charge in [0.2, 0.25) is 0 Å². The fraction of sp³-hybridized carbons (Fsp3) is 0. The van der Waals surface area contributed by atoms with Crippen LogP contribution in [0, 0.1) is 20.2 Å². The van der Waals surface area contributed by atoms with E-state index in [1.165, 1.54) is 24.3 Å². The van der Waals surface area contributed by atoms with Crippen LogP contribution in [-0.2, 0) is 0 Å². The molecule has 0 N–H and O–H groups in total. The van der Waals surface area contributed by atoms with E-state index in [0.29, 0.717) is 16.0 Å². The van der Waals surface area contributed by atoms with Crippen molar-refractivity contribution in [2.75, 3.05) is 0 Å². The average Bonchev–Trinajstić information content (AvgIpc) is 2.46. The Labute approximate surface area is 119 Å². The van der Waals surface area contributed by atoms with Gasteiger partial charge in [0.15, 0.2) is 0 Å². The summed E-state index contributed by atoms with van der Waals surface area (Å²) < 4.78 is 0. The van der Waals surface area contributed by atoms with Crippen molar-refractivity contribution in [3.05, 3.63) is 79.9 Å². The number of nitrogens with zero attached hydrogens (tertiary/aromatic N) is 2. The van der Waals surface area contributed by atoms with Gasteiger partial charge in [-0.3, -0.25) is 20.2 Å². The zero-order valence-corrected chi connectivity index (χ0v) is 10.9. The van der Waals surface area contributed by atoms with E-state index in [4.69, 9.17) is 12.2 Å². The second kappa shape index (κ2) is 5.54. The molecule has 0 aliphatic rings. The molecule has 0 aliphatic carbocycles. The molecule has 0 amide bonds. The first-order valence-electron chi connectivity index (χ1n) is 5.52. The maximum absolute atomic E-state index is 10.6. The number of benzene rings is 2. The predicted molar refractivity (Wildman–Crippen MR) is 77.0 cm³/mol. The molecule has 0 saturated carbocycles. The van der Waals surface area contributed by atoms with Crippen molar-refractivity contribution in [3.8, 4) is 0 Å². The highest BCUT2D eigenvalue weighted by Crippen LogP contribution is 2.18. The number of rotatable bonds is 4. The topological polar surface area (TPSA) is 86.3 Å². The molecule has 0 bridgehead atoms. The number of nitro benzene ring substituents is 2. The Hall–Kier alpha value is -2.67. The van der Waals surface area contributed by atoms with E-state index in [1.54, 1.807) is 24.3 Å². The standard InChI is InChI=1S/C13H8N2O4S/c16-14(17)11-5-1-9(2-6-11)13(20)10-3-7-12(8-4-10)15(18)19/h1-8H. The molecular weight excluding hydrogens is 280 g/mol. The number of thiocarbonyl (C=S) groups is 1. The average molecular weight is 288 g/mol. The smallest absolute Gasteiger partial charge is 0.258 e. The summed E-state index contributed by atoms with van der Waals surface area (Å²) in [5.41, 5.74) is 1.28. The summed E-state index contributed by atoms with van der Waals surface area (Å²) in [5, 5.41) is 21.1. The van der Waals surface area contributed by atoms with Gasteiger partial charge in [0, 0.05) is 24.3 Å². The lowest BCUT2D eigenvalue weighted by molar-refractivity contribution is -0.385. The van der Waals surface area contributed by atoms with Gasteiger partial charge in [0.25, 0.3) is 11.4 Å². The molecule has 2 aromatic rings. The highest BCUT2D eigenvalue weighted by atomic mass is 32.1. The second-order valence-electron chi connectivity index (χ2n) is 3.94. The molecule has 0 spiro atoms. The van der Waals surface area contributed by atoms with Gasteiger partial charge in [-0.1, -0.05) is 12.2 Å². The van der Waals surface area contributed by atoms with Gasteiger partial charge in [-0.05, 0) is 35.4 Å². The fourth-order valence-corrected chi connectivity index (χ4v) is 1.91. The van der Waals surface area contributed by atoms with Crippen molar-refractivity contribution in [2.24, 2.45) is 0 Å². The number of hydrogen-bond acceptors (Lipinski definition) is 5. The van der Waals surface area contributed by atoms with Crippen molar-refractivity contribution < 1.29 is 9.85 Å². The summed E-state index contributed by atoms with van der Waals surface area (Å²) in [6, 6.07) is 11.7. The Morgan fingerprint density at radius 1 is 0.750 bits per heavy atom. The van der Waals surface area contributed by atoms with Crippen molar-refractivity contribution in [3.63, 3.8) is 0 Å². The van der Waals surface area contributed by atoms with Gasteiger partial charge in [0.1, 0.15) is 0 Å². The zero-order chi connectivity index (χ0) is 14.7. The van der Waals surface area contributed by atoms with Crippen LogP contribution >= 0.6 is 12.2 Å². The molecule has 7 heteroatoms. The van der Waals surface area contributed by atoms with Gasteiger partial charge < -0.3 is 0 Å². The number of nitro groups is 2. The highest BCUT2D eigenvalue weighted by molar-refractivity contribution is 7.81. The zero-order valence-electron chi connectivity index (χ0n) is 10.1. The van der Waals surface area contributed by atoms with Crippen molar-refractivity contribution >= 4 is 28.5 Å². The lowest BCUT2D eigenvalue weighted by Gasteiger charge is -2.04. The lowest BCUT2D eigenvalue weighted by Crippen LogP contribution is -2.00. The minimum Gasteiger partial charge on any atom is -0.258 e. The minimum absolute atomic E-state index is 0.0137. The van der Waals surface area contributed by atoms with E-state index in [0.717, 1.165) is 0 Å². The van der Waals surface area contributed by atoms with E-state index in [1.807, 2.05) is 0 Å². The van der Waals surface area contributed by atoms with Gasteiger partial charge >= 0.3 is 0 Å². The molecule has 6 nitrogen and oxygen atoms in total. The Morgan fingerprint density at radius 3 is 1.30 bits per heavy atom. The van der Waals surface area contributed by atoms with Crippen LogP contribution in [0.3, 0.4) is 0 Å². The molecule has 2 aromatic carbocycles. The third kappa shape index (κ3) is 2.83. The van der Waals surface area contributed by atoms with E-state index >= 15 is 0 Å². The second-order valence-corrected chi connectivity index (χ2v) is 4.35. The van der Waals surface area contributed by atoms with Crippen molar-refractivity contribution in [2.45, 2.75) is 0 Å². The highest BCUT2D eigenvalue weighted by Gasteiger charge is 2.10. The van der Waals surface area contributed by atoms with Gasteiger partial charge in [-0.15, -0.1) is 0 Å². The third-order valence-corrected chi connectivity index (χ3v) is 3.15. The van der Waals surface area contributed by atoms with Crippen molar-refractivity contribution in [1.82, 2.24) is 0 Å². The number of non-ortho nitro benzene ring substituents is 2. The van der Waals surface area contributed by atoms with Crippen molar-refractivity contribution in [1.29, 1.82) is 0 Å². The summed E-state index contributed by atoms with van der Waals surface area (Å²) in [6.45, 7) is 0. The van der Waals surface area contributed by atoms with E-state index in [-0.39, 0.29) is 11.4 Å². The SMILES string of the molecule is O=[N+]([O-])c1ccc(C(=S)c2ccc([N+](=O)[O-])cc2)cc1.